The van der Waals surface area contributed by atoms with Gasteiger partial charge in [-0.25, -0.2) is 4.79 Å². The monoisotopic (exact) mass is 172 g/mol. The summed E-state index contributed by atoms with van der Waals surface area (Å²) in [6, 6.07) is 0. The molecule has 0 spiro atoms. The van der Waals surface area contributed by atoms with Gasteiger partial charge in [0.25, 0.3) is 0 Å². The maximum absolute atomic E-state index is 10.7. The van der Waals surface area contributed by atoms with E-state index in [1.54, 1.807) is 6.92 Å². The van der Waals surface area contributed by atoms with E-state index in [0.29, 0.717) is 12.8 Å². The summed E-state index contributed by atoms with van der Waals surface area (Å²) in [5.41, 5.74) is 9.58. The van der Waals surface area contributed by atoms with Gasteiger partial charge in [0, 0.05) is 5.57 Å². The number of hydrogen-bond donors (Lipinski definition) is 3. The molecule has 68 valence electrons. The lowest BCUT2D eigenvalue weighted by Gasteiger charge is -2.02. The molecule has 5 nitrogen and oxygen atoms in total. The Morgan fingerprint density at radius 3 is 2.08 bits per heavy atom. The van der Waals surface area contributed by atoms with Gasteiger partial charge in [0.2, 0.25) is 5.91 Å². The summed E-state index contributed by atoms with van der Waals surface area (Å²) in [4.78, 5) is 21.0. The largest absolute Gasteiger partial charge is 0.477 e. The number of amides is 1. The van der Waals surface area contributed by atoms with E-state index in [-0.39, 0.29) is 5.57 Å². The fourth-order valence-corrected chi connectivity index (χ4v) is 0.770. The first-order chi connectivity index (χ1) is 5.50. The van der Waals surface area contributed by atoms with Crippen LogP contribution in [0.2, 0.25) is 0 Å². The third-order valence-corrected chi connectivity index (χ3v) is 1.35. The smallest absolute Gasteiger partial charge is 0.352 e. The van der Waals surface area contributed by atoms with Gasteiger partial charge in [0.1, 0.15) is 5.70 Å². The minimum absolute atomic E-state index is 0.00926. The number of carboxylic acid groups (broad SMARTS) is 1. The Bertz CT molecular complexity index is 233. The zero-order valence-corrected chi connectivity index (χ0v) is 6.83. The Hall–Kier alpha value is -1.52. The summed E-state index contributed by atoms with van der Waals surface area (Å²) in [6.45, 7) is 1.80. The Kier molecular flexibility index (Phi) is 3.82. The maximum Gasteiger partial charge on any atom is 0.352 e. The SMILES string of the molecule is CCCC(C(N)=O)=C(N)C(=O)O. The number of carbonyl (C=O) groups is 2. The zero-order valence-electron chi connectivity index (χ0n) is 6.83. The lowest BCUT2D eigenvalue weighted by molar-refractivity contribution is -0.133. The predicted molar refractivity (Wildman–Crippen MR) is 43.0 cm³/mol. The molecular weight excluding hydrogens is 160 g/mol. The van der Waals surface area contributed by atoms with Crippen molar-refractivity contribution in [2.45, 2.75) is 19.8 Å². The first kappa shape index (κ1) is 10.5. The van der Waals surface area contributed by atoms with Crippen LogP contribution in [-0.2, 0) is 9.59 Å². The van der Waals surface area contributed by atoms with Gasteiger partial charge >= 0.3 is 5.97 Å². The van der Waals surface area contributed by atoms with Crippen LogP contribution in [0.25, 0.3) is 0 Å². The van der Waals surface area contributed by atoms with E-state index in [9.17, 15) is 9.59 Å². The molecule has 0 bridgehead atoms. The molecule has 0 saturated carbocycles. The summed E-state index contributed by atoms with van der Waals surface area (Å²) in [5, 5.41) is 8.44. The van der Waals surface area contributed by atoms with Crippen LogP contribution in [0.4, 0.5) is 0 Å². The molecule has 1 amide bonds. The zero-order chi connectivity index (χ0) is 9.72. The summed E-state index contributed by atoms with van der Waals surface area (Å²) < 4.78 is 0. The van der Waals surface area contributed by atoms with Gasteiger partial charge in [-0.15, -0.1) is 0 Å². The van der Waals surface area contributed by atoms with Crippen molar-refractivity contribution in [3.63, 3.8) is 0 Å². The molecule has 0 aliphatic rings. The van der Waals surface area contributed by atoms with E-state index >= 15 is 0 Å². The van der Waals surface area contributed by atoms with Crippen molar-refractivity contribution in [3.8, 4) is 0 Å². The van der Waals surface area contributed by atoms with Gasteiger partial charge in [0.15, 0.2) is 0 Å². The highest BCUT2D eigenvalue weighted by molar-refractivity contribution is 6.00. The first-order valence-electron chi connectivity index (χ1n) is 3.52. The van der Waals surface area contributed by atoms with Crippen molar-refractivity contribution in [2.75, 3.05) is 0 Å². The summed E-state index contributed by atoms with van der Waals surface area (Å²) in [7, 11) is 0. The number of aliphatic carboxylic acids is 1. The molecule has 0 aromatic carbocycles. The number of carbonyl (C=O) groups excluding carboxylic acids is 1. The second kappa shape index (κ2) is 4.38. The van der Waals surface area contributed by atoms with Gasteiger partial charge in [-0.1, -0.05) is 13.3 Å². The summed E-state index contributed by atoms with van der Waals surface area (Å²) >= 11 is 0. The highest BCUT2D eigenvalue weighted by Crippen LogP contribution is 2.06. The average Bonchev–Trinajstić information content (AvgIpc) is 1.98. The molecule has 0 unspecified atom stereocenters. The maximum atomic E-state index is 10.7. The molecule has 0 aromatic heterocycles. The molecule has 0 atom stereocenters. The Labute approximate surface area is 70.0 Å². The van der Waals surface area contributed by atoms with Crippen molar-refractivity contribution in [2.24, 2.45) is 11.5 Å². The van der Waals surface area contributed by atoms with E-state index < -0.39 is 17.6 Å². The van der Waals surface area contributed by atoms with Crippen LogP contribution in [0.15, 0.2) is 11.3 Å². The lowest BCUT2D eigenvalue weighted by atomic mass is 10.1. The first-order valence-corrected chi connectivity index (χ1v) is 3.52. The third kappa shape index (κ3) is 2.61. The molecule has 0 aliphatic heterocycles. The highest BCUT2D eigenvalue weighted by atomic mass is 16.4. The van der Waals surface area contributed by atoms with Crippen LogP contribution >= 0.6 is 0 Å². The molecule has 0 aromatic rings. The van der Waals surface area contributed by atoms with Gasteiger partial charge in [0.05, 0.1) is 0 Å². The van der Waals surface area contributed by atoms with Crippen LogP contribution in [0, 0.1) is 0 Å². The fraction of sp³-hybridized carbons (Fsp3) is 0.429. The van der Waals surface area contributed by atoms with Crippen LogP contribution in [-0.4, -0.2) is 17.0 Å². The Balaban J connectivity index is 4.80. The van der Waals surface area contributed by atoms with Crippen LogP contribution in [0.3, 0.4) is 0 Å². The molecule has 0 saturated heterocycles. The molecule has 0 rings (SSSR count). The van der Waals surface area contributed by atoms with E-state index in [4.69, 9.17) is 16.6 Å². The predicted octanol–water partition coefficient (Wildman–Crippen LogP) is -0.431. The average molecular weight is 172 g/mol. The van der Waals surface area contributed by atoms with Gasteiger partial charge in [-0.2, -0.15) is 0 Å². The van der Waals surface area contributed by atoms with Gasteiger partial charge in [-0.3, -0.25) is 4.79 Å². The second-order valence-electron chi connectivity index (χ2n) is 2.31. The Morgan fingerprint density at radius 1 is 1.33 bits per heavy atom. The van der Waals surface area contributed by atoms with Crippen molar-refractivity contribution in [3.05, 3.63) is 11.3 Å². The molecule has 12 heavy (non-hydrogen) atoms. The summed E-state index contributed by atoms with van der Waals surface area (Å²) in [5.74, 6) is -2.07. The summed E-state index contributed by atoms with van der Waals surface area (Å²) in [6.07, 6.45) is 0.930. The molecule has 0 aliphatic carbocycles. The molecule has 0 fully saturated rings. The minimum Gasteiger partial charge on any atom is -0.477 e. The van der Waals surface area contributed by atoms with Crippen molar-refractivity contribution in [1.29, 1.82) is 0 Å². The highest BCUT2D eigenvalue weighted by Gasteiger charge is 2.13. The van der Waals surface area contributed by atoms with Gasteiger partial charge < -0.3 is 16.6 Å². The van der Waals surface area contributed by atoms with Crippen molar-refractivity contribution in [1.82, 2.24) is 0 Å². The number of carboxylic acids is 1. The lowest BCUT2D eigenvalue weighted by Crippen LogP contribution is -2.22. The van der Waals surface area contributed by atoms with E-state index in [1.165, 1.54) is 0 Å². The number of hydrogen-bond acceptors (Lipinski definition) is 3. The van der Waals surface area contributed by atoms with Crippen LogP contribution in [0.5, 0.6) is 0 Å². The number of rotatable bonds is 4. The fourth-order valence-electron chi connectivity index (χ4n) is 0.770. The second-order valence-corrected chi connectivity index (χ2v) is 2.31. The van der Waals surface area contributed by atoms with E-state index in [2.05, 4.69) is 0 Å². The van der Waals surface area contributed by atoms with Crippen molar-refractivity contribution >= 4 is 11.9 Å². The third-order valence-electron chi connectivity index (χ3n) is 1.35. The minimum atomic E-state index is -1.31. The molecule has 5 N–H and O–H groups in total. The molecule has 0 radical (unpaired) electrons. The van der Waals surface area contributed by atoms with Crippen molar-refractivity contribution < 1.29 is 14.7 Å². The van der Waals surface area contributed by atoms with Crippen LogP contribution < -0.4 is 11.5 Å². The number of primary amides is 1. The van der Waals surface area contributed by atoms with Crippen LogP contribution in [0.1, 0.15) is 19.8 Å². The standard InChI is InChI=1S/C7H12N2O3/c1-2-3-4(6(9)10)5(8)7(11)12/h2-3,8H2,1H3,(H2,9,10)(H,11,12). The normalized spacial score (nSPS) is 12.1. The topological polar surface area (TPSA) is 106 Å². The quantitative estimate of drug-likeness (QED) is 0.500. The molecule has 0 heterocycles. The molecular formula is C7H12N2O3. The van der Waals surface area contributed by atoms with Gasteiger partial charge in [-0.05, 0) is 6.42 Å². The van der Waals surface area contributed by atoms with E-state index in [0.717, 1.165) is 0 Å². The Morgan fingerprint density at radius 2 is 1.83 bits per heavy atom. The van der Waals surface area contributed by atoms with E-state index in [1.807, 2.05) is 0 Å². The molecule has 5 heteroatoms. The number of nitrogens with two attached hydrogens (primary N) is 2.